The van der Waals surface area contributed by atoms with E-state index in [9.17, 15) is 19.2 Å². The standard InChI is InChI=1S/C30H42N4O5/c1-7-8-19-34(28(37)24(17-18-25(31)35)33-29(38)39-30(4,5)6)26(22-15-13-20(2)14-16-22)27(36)32-23-12-10-9-11-21(23)3/h9-16,24,26H,7-8,17-19H2,1-6H3,(H2,31,35)(H,32,36)(H,33,38). The van der Waals surface area contributed by atoms with Crippen LogP contribution in [0.2, 0.25) is 0 Å². The zero-order valence-electron chi connectivity index (χ0n) is 23.9. The highest BCUT2D eigenvalue weighted by Crippen LogP contribution is 2.27. The van der Waals surface area contributed by atoms with Gasteiger partial charge >= 0.3 is 6.09 Å². The van der Waals surface area contributed by atoms with Crippen LogP contribution < -0.4 is 16.4 Å². The van der Waals surface area contributed by atoms with E-state index in [1.807, 2.05) is 63.2 Å². The molecule has 4 amide bonds. The van der Waals surface area contributed by atoms with Crippen molar-refractivity contribution in [2.45, 2.75) is 84.9 Å². The number of benzene rings is 2. The number of alkyl carbamates (subject to hydrolysis) is 1. The molecule has 4 N–H and O–H groups in total. The Morgan fingerprint density at radius 1 is 1.00 bits per heavy atom. The zero-order valence-corrected chi connectivity index (χ0v) is 23.9. The van der Waals surface area contributed by atoms with E-state index in [2.05, 4.69) is 10.6 Å². The van der Waals surface area contributed by atoms with Crippen LogP contribution in [-0.4, -0.2) is 46.9 Å². The van der Waals surface area contributed by atoms with Gasteiger partial charge in [0, 0.05) is 18.7 Å². The first kappa shape index (κ1) is 31.3. The number of unbranched alkanes of at least 4 members (excludes halogenated alkanes) is 1. The minimum atomic E-state index is -1.12. The maximum absolute atomic E-state index is 14.1. The number of nitrogens with two attached hydrogens (primary N) is 1. The van der Waals surface area contributed by atoms with Gasteiger partial charge in [0.1, 0.15) is 17.7 Å². The number of hydrogen-bond donors (Lipinski definition) is 3. The molecule has 0 radical (unpaired) electrons. The predicted molar refractivity (Wildman–Crippen MR) is 152 cm³/mol. The average Bonchev–Trinajstić information content (AvgIpc) is 2.85. The van der Waals surface area contributed by atoms with E-state index in [1.165, 1.54) is 4.90 Å². The highest BCUT2D eigenvalue weighted by Gasteiger charge is 2.36. The number of carbonyl (C=O) groups is 4. The van der Waals surface area contributed by atoms with E-state index in [0.29, 0.717) is 17.7 Å². The minimum Gasteiger partial charge on any atom is -0.444 e. The third-order valence-electron chi connectivity index (χ3n) is 6.06. The lowest BCUT2D eigenvalue weighted by Gasteiger charge is -2.34. The topological polar surface area (TPSA) is 131 Å². The van der Waals surface area contributed by atoms with Crippen LogP contribution in [0.5, 0.6) is 0 Å². The van der Waals surface area contributed by atoms with Crippen LogP contribution in [-0.2, 0) is 19.1 Å². The van der Waals surface area contributed by atoms with Crippen LogP contribution in [0.1, 0.15) is 76.1 Å². The van der Waals surface area contributed by atoms with Crippen molar-refractivity contribution in [3.05, 3.63) is 65.2 Å². The Hall–Kier alpha value is -3.88. The normalized spacial score (nSPS) is 12.7. The number of nitrogens with zero attached hydrogens (tertiary/aromatic N) is 1. The van der Waals surface area contributed by atoms with Gasteiger partial charge < -0.3 is 26.0 Å². The summed E-state index contributed by atoms with van der Waals surface area (Å²) < 4.78 is 5.37. The monoisotopic (exact) mass is 538 g/mol. The van der Waals surface area contributed by atoms with Crippen LogP contribution in [0.25, 0.3) is 0 Å². The largest absolute Gasteiger partial charge is 0.444 e. The summed E-state index contributed by atoms with van der Waals surface area (Å²) in [6.45, 7) is 11.2. The van der Waals surface area contributed by atoms with E-state index < -0.39 is 35.6 Å². The molecular formula is C30H42N4O5. The molecule has 2 aromatic carbocycles. The van der Waals surface area contributed by atoms with Gasteiger partial charge in [0.25, 0.3) is 5.91 Å². The number of para-hydroxylation sites is 1. The third-order valence-corrected chi connectivity index (χ3v) is 6.06. The first-order valence-corrected chi connectivity index (χ1v) is 13.3. The maximum atomic E-state index is 14.1. The van der Waals surface area contributed by atoms with Gasteiger partial charge in [-0.25, -0.2) is 4.79 Å². The maximum Gasteiger partial charge on any atom is 0.408 e. The number of rotatable bonds is 12. The van der Waals surface area contributed by atoms with Crippen molar-refractivity contribution < 1.29 is 23.9 Å². The number of aryl methyl sites for hydroxylation is 2. The number of hydrogen-bond acceptors (Lipinski definition) is 5. The van der Waals surface area contributed by atoms with Crippen LogP contribution >= 0.6 is 0 Å². The summed E-state index contributed by atoms with van der Waals surface area (Å²) in [5, 5.41) is 5.58. The molecule has 9 heteroatoms. The Morgan fingerprint density at radius 2 is 1.64 bits per heavy atom. The summed E-state index contributed by atoms with van der Waals surface area (Å²) in [4.78, 5) is 53.7. The Bertz CT molecular complexity index is 1140. The Balaban J connectivity index is 2.52. The average molecular weight is 539 g/mol. The van der Waals surface area contributed by atoms with Crippen molar-refractivity contribution >= 4 is 29.5 Å². The molecule has 9 nitrogen and oxygen atoms in total. The van der Waals surface area contributed by atoms with E-state index in [1.54, 1.807) is 26.8 Å². The quantitative estimate of drug-likeness (QED) is 0.358. The SMILES string of the molecule is CCCCN(C(=O)C(CCC(N)=O)NC(=O)OC(C)(C)C)C(C(=O)Nc1ccccc1C)c1ccc(C)cc1. The second-order valence-electron chi connectivity index (χ2n) is 10.7. The number of nitrogens with one attached hydrogen (secondary N) is 2. The van der Waals surface area contributed by atoms with E-state index >= 15 is 0 Å². The molecule has 0 heterocycles. The van der Waals surface area contributed by atoms with Gasteiger partial charge in [-0.05, 0) is 64.7 Å². The highest BCUT2D eigenvalue weighted by molar-refractivity contribution is 5.99. The fraction of sp³-hybridized carbons (Fsp3) is 0.467. The molecule has 212 valence electrons. The molecule has 39 heavy (non-hydrogen) atoms. The fourth-order valence-electron chi connectivity index (χ4n) is 4.02. The number of anilines is 1. The second kappa shape index (κ2) is 14.3. The molecule has 0 saturated heterocycles. The predicted octanol–water partition coefficient (Wildman–Crippen LogP) is 4.77. The van der Waals surface area contributed by atoms with E-state index in [-0.39, 0.29) is 25.3 Å². The lowest BCUT2D eigenvalue weighted by Crippen LogP contribution is -2.52. The first-order chi connectivity index (χ1) is 18.3. The molecular weight excluding hydrogens is 496 g/mol. The molecule has 0 aromatic heterocycles. The molecule has 2 atom stereocenters. The van der Waals surface area contributed by atoms with Gasteiger partial charge in [0.2, 0.25) is 11.8 Å². The lowest BCUT2D eigenvalue weighted by molar-refractivity contribution is -0.141. The summed E-state index contributed by atoms with van der Waals surface area (Å²) >= 11 is 0. The van der Waals surface area contributed by atoms with Gasteiger partial charge in [0.15, 0.2) is 0 Å². The van der Waals surface area contributed by atoms with Crippen LogP contribution in [0, 0.1) is 13.8 Å². The smallest absolute Gasteiger partial charge is 0.408 e. The number of ether oxygens (including phenoxy) is 1. The molecule has 0 aliphatic carbocycles. The summed E-state index contributed by atoms with van der Waals surface area (Å²) in [5.74, 6) is -1.49. The molecule has 0 spiro atoms. The molecule has 0 aliphatic rings. The number of carbonyl (C=O) groups excluding carboxylic acids is 4. The second-order valence-corrected chi connectivity index (χ2v) is 10.7. The van der Waals surface area contributed by atoms with Gasteiger partial charge in [-0.15, -0.1) is 0 Å². The molecule has 0 fully saturated rings. The zero-order chi connectivity index (χ0) is 29.2. The Labute approximate surface area is 231 Å². The summed E-state index contributed by atoms with van der Waals surface area (Å²) in [6, 6.07) is 12.7. The third kappa shape index (κ3) is 10.1. The van der Waals surface area contributed by atoms with Crippen molar-refractivity contribution in [1.82, 2.24) is 10.2 Å². The fourth-order valence-corrected chi connectivity index (χ4v) is 4.02. The number of amides is 4. The minimum absolute atomic E-state index is 0.0317. The Morgan fingerprint density at radius 3 is 2.21 bits per heavy atom. The van der Waals surface area contributed by atoms with Crippen LogP contribution in [0.15, 0.2) is 48.5 Å². The van der Waals surface area contributed by atoms with Gasteiger partial charge in [-0.2, -0.15) is 0 Å². The molecule has 2 unspecified atom stereocenters. The molecule has 2 aromatic rings. The molecule has 0 bridgehead atoms. The van der Waals surface area contributed by atoms with E-state index in [4.69, 9.17) is 10.5 Å². The molecule has 2 rings (SSSR count). The Kier molecular flexibility index (Phi) is 11.5. The van der Waals surface area contributed by atoms with Crippen LogP contribution in [0.3, 0.4) is 0 Å². The summed E-state index contributed by atoms with van der Waals surface area (Å²) in [5.41, 5.74) is 7.74. The molecule has 0 saturated carbocycles. The molecule has 0 aliphatic heterocycles. The summed E-state index contributed by atoms with van der Waals surface area (Å²) in [7, 11) is 0. The van der Waals surface area contributed by atoms with Crippen molar-refractivity contribution in [3.63, 3.8) is 0 Å². The van der Waals surface area contributed by atoms with Crippen molar-refractivity contribution in [3.8, 4) is 0 Å². The van der Waals surface area contributed by atoms with Gasteiger partial charge in [-0.1, -0.05) is 61.4 Å². The van der Waals surface area contributed by atoms with Gasteiger partial charge in [-0.3, -0.25) is 14.4 Å². The first-order valence-electron chi connectivity index (χ1n) is 13.3. The lowest BCUT2D eigenvalue weighted by atomic mass is 9.99. The van der Waals surface area contributed by atoms with Crippen molar-refractivity contribution in [1.29, 1.82) is 0 Å². The van der Waals surface area contributed by atoms with Crippen LogP contribution in [0.4, 0.5) is 10.5 Å². The van der Waals surface area contributed by atoms with E-state index in [0.717, 1.165) is 17.5 Å². The summed E-state index contributed by atoms with van der Waals surface area (Å²) in [6.07, 6.45) is 0.446. The van der Waals surface area contributed by atoms with Crippen molar-refractivity contribution in [2.75, 3.05) is 11.9 Å². The van der Waals surface area contributed by atoms with Gasteiger partial charge in [0.05, 0.1) is 0 Å². The number of primary amides is 1. The van der Waals surface area contributed by atoms with Crippen molar-refractivity contribution in [2.24, 2.45) is 5.73 Å². The highest BCUT2D eigenvalue weighted by atomic mass is 16.6.